The van der Waals surface area contributed by atoms with Gasteiger partial charge >= 0.3 is 17.9 Å². The number of anilines is 2. The third-order valence-corrected chi connectivity index (χ3v) is 7.28. The van der Waals surface area contributed by atoms with Crippen LogP contribution in [0.25, 0.3) is 11.5 Å². The van der Waals surface area contributed by atoms with Crippen LogP contribution >= 0.6 is 0 Å². The molecule has 0 spiro atoms. The number of H-pyrrole nitrogens is 1. The van der Waals surface area contributed by atoms with Gasteiger partial charge in [0.15, 0.2) is 5.78 Å². The van der Waals surface area contributed by atoms with Gasteiger partial charge < -0.3 is 49.5 Å². The maximum Gasteiger partial charge on any atom is 0.434 e. The fraction of sp³-hybridized carbons (Fsp3) is 0.457. The van der Waals surface area contributed by atoms with Crippen molar-refractivity contribution >= 4 is 41.2 Å². The van der Waals surface area contributed by atoms with E-state index in [2.05, 4.69) is 20.8 Å². The lowest BCUT2D eigenvalue weighted by atomic mass is 10.1. The van der Waals surface area contributed by atoms with E-state index >= 15 is 0 Å². The van der Waals surface area contributed by atoms with Gasteiger partial charge in [0.05, 0.1) is 17.9 Å². The van der Waals surface area contributed by atoms with Crippen LogP contribution in [0.1, 0.15) is 59.3 Å². The first-order chi connectivity index (χ1) is 24.3. The molecule has 3 heterocycles. The van der Waals surface area contributed by atoms with Gasteiger partial charge in [-0.2, -0.15) is 0 Å². The van der Waals surface area contributed by atoms with Crippen molar-refractivity contribution in [2.75, 3.05) is 43.7 Å². The average Bonchev–Trinajstić information content (AvgIpc) is 3.42. The number of hydrogen-bond acceptors (Lipinski definition) is 13. The lowest BCUT2D eigenvalue weighted by Gasteiger charge is -2.23. The molecule has 53 heavy (non-hydrogen) atoms. The van der Waals surface area contributed by atoms with Gasteiger partial charge in [0.25, 0.3) is 11.8 Å². The Morgan fingerprint density at radius 2 is 1.30 bits per heavy atom. The Bertz CT molecular complexity index is 1890. The third kappa shape index (κ3) is 10.8. The number of nitrogens with one attached hydrogen (secondary N) is 3. The molecule has 2 atom stereocenters. The number of nitrogens with two attached hydrogens (primary N) is 1. The van der Waals surface area contributed by atoms with Crippen molar-refractivity contribution in [3.63, 3.8) is 0 Å². The summed E-state index contributed by atoms with van der Waals surface area (Å²) < 4.78 is 26.6. The van der Waals surface area contributed by atoms with Crippen LogP contribution in [0, 0.1) is 0 Å². The molecule has 3 aromatic rings. The minimum atomic E-state index is -0.913. The molecule has 288 valence electrons. The van der Waals surface area contributed by atoms with Gasteiger partial charge in [0.1, 0.15) is 48.0 Å². The van der Waals surface area contributed by atoms with E-state index in [4.69, 9.17) is 29.1 Å². The topological polar surface area (TPSA) is 238 Å². The van der Waals surface area contributed by atoms with Crippen LogP contribution in [0.5, 0.6) is 11.5 Å². The summed E-state index contributed by atoms with van der Waals surface area (Å²) >= 11 is 0. The number of ketones is 1. The Morgan fingerprint density at radius 3 is 1.74 bits per heavy atom. The largest absolute Gasteiger partial charge is 0.489 e. The van der Waals surface area contributed by atoms with Crippen LogP contribution in [0.2, 0.25) is 0 Å². The second-order valence-corrected chi connectivity index (χ2v) is 13.7. The number of aromatic nitrogens is 2. The number of amides is 4. The van der Waals surface area contributed by atoms with E-state index in [0.29, 0.717) is 34.0 Å². The van der Waals surface area contributed by atoms with Crippen LogP contribution in [-0.4, -0.2) is 97.1 Å². The van der Waals surface area contributed by atoms with Crippen molar-refractivity contribution in [2.24, 2.45) is 5.73 Å². The molecule has 2 aliphatic rings. The minimum Gasteiger partial charge on any atom is -0.489 e. The molecule has 4 amide bonds. The fourth-order valence-electron chi connectivity index (χ4n) is 4.88. The first-order valence-corrected chi connectivity index (χ1v) is 16.1. The molecular weight excluding hydrogens is 694 g/mol. The van der Waals surface area contributed by atoms with Gasteiger partial charge in [-0.15, -0.1) is 5.10 Å². The number of fused-ring (bicyclic) bond motifs is 2. The van der Waals surface area contributed by atoms with E-state index in [0.717, 1.165) is 0 Å². The maximum absolute atomic E-state index is 12.7. The van der Waals surface area contributed by atoms with E-state index in [1.807, 2.05) is 0 Å². The Hall–Kier alpha value is -5.91. The molecule has 0 unspecified atom stereocenters. The second kappa shape index (κ2) is 16.6. The number of benzene rings is 2. The normalized spacial score (nSPS) is 16.8. The number of nitrogens with zero attached hydrogens (tertiary/aromatic N) is 3. The highest BCUT2D eigenvalue weighted by molar-refractivity contribution is 6.03. The van der Waals surface area contributed by atoms with Gasteiger partial charge in [-0.25, -0.2) is 19.5 Å². The predicted octanol–water partition coefficient (Wildman–Crippen LogP) is 2.99. The molecule has 0 aliphatic carbocycles. The van der Waals surface area contributed by atoms with Crippen molar-refractivity contribution in [2.45, 2.75) is 72.3 Å². The summed E-state index contributed by atoms with van der Waals surface area (Å²) in [6.45, 7) is 10.2. The number of Topliss-reactive ketones (excluding diaryl/α,β-unsaturated/α-hetero) is 1. The monoisotopic (exact) mass is 741 g/mol. The molecule has 0 radical (unpaired) electrons. The smallest absolute Gasteiger partial charge is 0.434 e. The predicted molar refractivity (Wildman–Crippen MR) is 193 cm³/mol. The maximum atomic E-state index is 12.7. The molecule has 18 heteroatoms. The van der Waals surface area contributed by atoms with Crippen molar-refractivity contribution in [3.05, 3.63) is 52.5 Å². The highest BCUT2D eigenvalue weighted by atomic mass is 16.6. The van der Waals surface area contributed by atoms with E-state index < -0.39 is 41.2 Å². The Kier molecular flexibility index (Phi) is 13.0. The number of carbonyl (C=O) groups is 5. The van der Waals surface area contributed by atoms with Crippen LogP contribution < -0.4 is 41.4 Å². The fourth-order valence-corrected chi connectivity index (χ4v) is 4.88. The average molecular weight is 742 g/mol. The van der Waals surface area contributed by atoms with Crippen molar-refractivity contribution in [1.29, 1.82) is 0 Å². The van der Waals surface area contributed by atoms with E-state index in [1.165, 1.54) is 9.80 Å². The van der Waals surface area contributed by atoms with Crippen molar-refractivity contribution < 1.29 is 47.3 Å². The molecule has 2 aromatic carbocycles. The third-order valence-electron chi connectivity index (χ3n) is 7.28. The number of ether oxygens (including phenoxy) is 4. The summed E-state index contributed by atoms with van der Waals surface area (Å²) in [5.74, 6) is -0.684. The Morgan fingerprint density at radius 1 is 0.830 bits per heavy atom. The Labute approximate surface area is 306 Å². The SMILES string of the molecule is C.CN1C(=O)[C@@H](NC(=O)OC(C)(C)C)COc2ccc(-c3n[nH]c(=O)o3)cc21.CN1C(=O)[C@@H](NC(=O)OC(C)(C)C)COc2ccc(C(=O)CN)cc21. The molecule has 5 N–H and O–H groups in total. The molecule has 18 nitrogen and oxygen atoms in total. The number of alkyl carbamates (subject to hydrolysis) is 2. The molecule has 0 fully saturated rings. The molecule has 0 bridgehead atoms. The summed E-state index contributed by atoms with van der Waals surface area (Å²) in [6, 6.07) is 7.84. The highest BCUT2D eigenvalue weighted by Crippen LogP contribution is 2.35. The van der Waals surface area contributed by atoms with Crippen LogP contribution in [-0.2, 0) is 19.1 Å². The van der Waals surface area contributed by atoms with Gasteiger partial charge in [-0.3, -0.25) is 14.4 Å². The summed E-state index contributed by atoms with van der Waals surface area (Å²) in [5.41, 5.74) is 5.80. The van der Waals surface area contributed by atoms with Gasteiger partial charge in [-0.1, -0.05) is 7.43 Å². The first-order valence-electron chi connectivity index (χ1n) is 16.1. The van der Waals surface area contributed by atoms with Crippen LogP contribution in [0.15, 0.2) is 45.6 Å². The van der Waals surface area contributed by atoms with Crippen LogP contribution in [0.4, 0.5) is 21.0 Å². The lowest BCUT2D eigenvalue weighted by molar-refractivity contribution is -0.121. The van der Waals surface area contributed by atoms with Gasteiger partial charge in [0, 0.05) is 25.2 Å². The standard InChI is InChI=1S/C17H20N4O6.C17H23N3O5.CH4/c1-17(2,3)27-15(23)18-10-8-25-12-6-5-9(13-19-20-16(24)26-13)7-11(12)21(4)14(10)22;1-17(2,3)25-16(23)19-11-9-24-14-6-5-10(13(21)8-18)7-12(14)20(4)15(11)22;/h5-7,10H,8H2,1-4H3,(H,18,23)(H,20,24);5-7,11H,8-9,18H2,1-4H3,(H,19,23);1H4/t10-;11-;/m00./s1. The Balaban J connectivity index is 0.000000281. The van der Waals surface area contributed by atoms with Gasteiger partial charge in [0.2, 0.25) is 5.89 Å². The second-order valence-electron chi connectivity index (χ2n) is 13.7. The van der Waals surface area contributed by atoms with E-state index in [-0.39, 0.29) is 50.7 Å². The number of likely N-dealkylation sites (N-methyl/N-ethyl adjacent to an activating group) is 2. The highest BCUT2D eigenvalue weighted by Gasteiger charge is 2.34. The summed E-state index contributed by atoms with van der Waals surface area (Å²) in [6.07, 6.45) is -1.41. The van der Waals surface area contributed by atoms with Gasteiger partial charge in [-0.05, 0) is 77.9 Å². The molecule has 5 rings (SSSR count). The number of aromatic amines is 1. The summed E-state index contributed by atoms with van der Waals surface area (Å²) in [7, 11) is 3.11. The molecule has 0 saturated heterocycles. The summed E-state index contributed by atoms with van der Waals surface area (Å²) in [5, 5.41) is 11.0. The summed E-state index contributed by atoms with van der Waals surface area (Å²) in [4.78, 5) is 74.9. The minimum absolute atomic E-state index is 0. The zero-order valence-electron chi connectivity index (χ0n) is 30.1. The number of hydrogen-bond donors (Lipinski definition) is 4. The number of rotatable bonds is 5. The number of carbonyl (C=O) groups excluding carboxylic acids is 5. The zero-order valence-corrected chi connectivity index (χ0v) is 30.1. The first kappa shape index (κ1) is 41.5. The molecule has 2 aliphatic heterocycles. The molecular formula is C35H47N7O11. The molecule has 1 aromatic heterocycles. The van der Waals surface area contributed by atoms with E-state index in [1.54, 1.807) is 92.0 Å². The zero-order chi connectivity index (χ0) is 38.5. The van der Waals surface area contributed by atoms with Crippen LogP contribution in [0.3, 0.4) is 0 Å². The van der Waals surface area contributed by atoms with E-state index in [9.17, 15) is 28.8 Å². The quantitative estimate of drug-likeness (QED) is 0.276. The lowest BCUT2D eigenvalue weighted by Crippen LogP contribution is -2.50. The van der Waals surface area contributed by atoms with Crippen molar-refractivity contribution in [3.8, 4) is 23.0 Å². The molecule has 0 saturated carbocycles. The van der Waals surface area contributed by atoms with Crippen molar-refractivity contribution in [1.82, 2.24) is 20.8 Å².